The van der Waals surface area contributed by atoms with Crippen molar-refractivity contribution in [3.63, 3.8) is 0 Å². The molecule has 0 aromatic carbocycles. The lowest BCUT2D eigenvalue weighted by Gasteiger charge is -2.35. The monoisotopic (exact) mass is 212 g/mol. The van der Waals surface area contributed by atoms with Gasteiger partial charge in [0.15, 0.2) is 0 Å². The lowest BCUT2D eigenvalue weighted by molar-refractivity contribution is -0.0157. The van der Waals surface area contributed by atoms with E-state index in [1.165, 1.54) is 5.56 Å². The van der Waals surface area contributed by atoms with Crippen LogP contribution in [-0.2, 0) is 11.2 Å². The van der Waals surface area contributed by atoms with Crippen molar-refractivity contribution >= 4 is 11.3 Å². The second kappa shape index (κ2) is 4.43. The summed E-state index contributed by atoms with van der Waals surface area (Å²) in [5.74, 6) is 0. The molecule has 0 aliphatic carbocycles. The van der Waals surface area contributed by atoms with Gasteiger partial charge in [0.2, 0.25) is 0 Å². The van der Waals surface area contributed by atoms with Crippen molar-refractivity contribution in [1.82, 2.24) is 0 Å². The first-order valence-corrected chi connectivity index (χ1v) is 5.99. The van der Waals surface area contributed by atoms with Crippen LogP contribution in [0.15, 0.2) is 16.8 Å². The summed E-state index contributed by atoms with van der Waals surface area (Å²) in [4.78, 5) is 0. The van der Waals surface area contributed by atoms with Crippen molar-refractivity contribution in [2.45, 2.75) is 19.3 Å². The lowest BCUT2D eigenvalue weighted by Crippen LogP contribution is -2.34. The van der Waals surface area contributed by atoms with Crippen LogP contribution < -0.4 is 0 Å². The Morgan fingerprint density at radius 2 is 2.21 bits per heavy atom. The molecule has 1 fully saturated rings. The van der Waals surface area contributed by atoms with E-state index in [2.05, 4.69) is 16.8 Å². The van der Waals surface area contributed by atoms with E-state index in [0.29, 0.717) is 0 Å². The van der Waals surface area contributed by atoms with Crippen molar-refractivity contribution < 1.29 is 9.84 Å². The minimum atomic E-state index is 0.0827. The van der Waals surface area contributed by atoms with Gasteiger partial charge >= 0.3 is 0 Å². The smallest absolute Gasteiger partial charge is 0.0492 e. The molecule has 2 nitrogen and oxygen atoms in total. The maximum Gasteiger partial charge on any atom is 0.0492 e. The Morgan fingerprint density at radius 1 is 1.43 bits per heavy atom. The van der Waals surface area contributed by atoms with Crippen LogP contribution in [0, 0.1) is 5.41 Å². The predicted octanol–water partition coefficient (Wildman–Crippen LogP) is 2.08. The van der Waals surface area contributed by atoms with Gasteiger partial charge in [-0.1, -0.05) is 0 Å². The van der Waals surface area contributed by atoms with Gasteiger partial charge < -0.3 is 9.84 Å². The third-order valence-corrected chi connectivity index (χ3v) is 3.78. The van der Waals surface area contributed by atoms with E-state index in [9.17, 15) is 5.11 Å². The number of aliphatic hydroxyl groups is 1. The van der Waals surface area contributed by atoms with Crippen molar-refractivity contribution in [2.24, 2.45) is 5.41 Å². The topological polar surface area (TPSA) is 29.5 Å². The van der Waals surface area contributed by atoms with Gasteiger partial charge in [0.1, 0.15) is 0 Å². The molecule has 2 rings (SSSR count). The van der Waals surface area contributed by atoms with Gasteiger partial charge in [-0.2, -0.15) is 11.3 Å². The number of ether oxygens (including phenoxy) is 1. The third-order valence-electron chi connectivity index (χ3n) is 3.05. The second-order valence-corrected chi connectivity index (χ2v) is 4.86. The molecule has 3 heteroatoms. The Labute approximate surface area is 88.5 Å². The Morgan fingerprint density at radius 3 is 2.79 bits per heavy atom. The van der Waals surface area contributed by atoms with Crippen LogP contribution in [0.25, 0.3) is 0 Å². The Kier molecular flexibility index (Phi) is 3.21. The molecule has 78 valence electrons. The summed E-state index contributed by atoms with van der Waals surface area (Å²) in [7, 11) is 0. The fourth-order valence-corrected chi connectivity index (χ4v) is 2.69. The second-order valence-electron chi connectivity index (χ2n) is 4.08. The molecule has 1 aromatic heterocycles. The van der Waals surface area contributed by atoms with Crippen LogP contribution in [0.4, 0.5) is 0 Å². The summed E-state index contributed by atoms with van der Waals surface area (Å²) in [6, 6.07) is 2.15. The van der Waals surface area contributed by atoms with Crippen molar-refractivity contribution in [3.8, 4) is 0 Å². The van der Waals surface area contributed by atoms with E-state index < -0.39 is 0 Å². The highest BCUT2D eigenvalue weighted by atomic mass is 32.1. The first kappa shape index (κ1) is 10.1. The first-order chi connectivity index (χ1) is 6.85. The molecular formula is C11H16O2S. The molecule has 0 radical (unpaired) electrons. The Hall–Kier alpha value is -0.380. The summed E-state index contributed by atoms with van der Waals surface area (Å²) in [6.45, 7) is 1.88. The van der Waals surface area contributed by atoms with E-state index >= 15 is 0 Å². The average molecular weight is 212 g/mol. The molecular weight excluding hydrogens is 196 g/mol. The Bertz CT molecular complexity index is 263. The average Bonchev–Trinajstić information content (AvgIpc) is 2.72. The number of thiophene rings is 1. The van der Waals surface area contributed by atoms with E-state index in [0.717, 1.165) is 32.5 Å². The van der Waals surface area contributed by atoms with Gasteiger partial charge in [-0.25, -0.2) is 0 Å². The number of hydrogen-bond acceptors (Lipinski definition) is 3. The molecule has 0 amide bonds. The fraction of sp³-hybridized carbons (Fsp3) is 0.636. The maximum absolute atomic E-state index is 9.49. The highest BCUT2D eigenvalue weighted by Gasteiger charge is 2.32. The largest absolute Gasteiger partial charge is 0.396 e. The van der Waals surface area contributed by atoms with Gasteiger partial charge in [-0.05, 0) is 41.7 Å². The summed E-state index contributed by atoms with van der Waals surface area (Å²) >= 11 is 1.72. The van der Waals surface area contributed by atoms with Crippen LogP contribution in [0.2, 0.25) is 0 Å². The van der Waals surface area contributed by atoms with Gasteiger partial charge in [-0.15, -0.1) is 0 Å². The van der Waals surface area contributed by atoms with E-state index in [1.807, 2.05) is 0 Å². The summed E-state index contributed by atoms with van der Waals surface area (Å²) in [5, 5.41) is 13.8. The minimum Gasteiger partial charge on any atom is -0.396 e. The van der Waals surface area contributed by atoms with Crippen LogP contribution in [-0.4, -0.2) is 24.9 Å². The normalized spacial score (nSPS) is 20.9. The summed E-state index contributed by atoms with van der Waals surface area (Å²) in [6.07, 6.45) is 2.97. The van der Waals surface area contributed by atoms with E-state index in [4.69, 9.17) is 4.74 Å². The molecule has 0 spiro atoms. The zero-order valence-corrected chi connectivity index (χ0v) is 9.05. The quantitative estimate of drug-likeness (QED) is 0.831. The highest BCUT2D eigenvalue weighted by molar-refractivity contribution is 7.07. The zero-order chi connectivity index (χ0) is 9.86. The van der Waals surface area contributed by atoms with Crippen LogP contribution in [0.3, 0.4) is 0 Å². The van der Waals surface area contributed by atoms with Gasteiger partial charge in [-0.3, -0.25) is 0 Å². The molecule has 1 saturated heterocycles. The predicted molar refractivity (Wildman–Crippen MR) is 57.6 cm³/mol. The molecule has 1 aliphatic rings. The third kappa shape index (κ3) is 2.16. The molecule has 0 bridgehead atoms. The SMILES string of the molecule is OCC1(Cc2ccsc2)CCOCC1. The van der Waals surface area contributed by atoms with Crippen LogP contribution in [0.1, 0.15) is 18.4 Å². The van der Waals surface area contributed by atoms with Crippen molar-refractivity contribution in [1.29, 1.82) is 0 Å². The number of rotatable bonds is 3. The lowest BCUT2D eigenvalue weighted by atomic mass is 9.76. The van der Waals surface area contributed by atoms with Crippen LogP contribution >= 0.6 is 11.3 Å². The standard InChI is InChI=1S/C11H16O2S/c12-9-11(2-4-13-5-3-11)7-10-1-6-14-8-10/h1,6,8,12H,2-5,7,9H2. The molecule has 2 heterocycles. The van der Waals surface area contributed by atoms with Gasteiger partial charge in [0.05, 0.1) is 0 Å². The number of hydrogen-bond donors (Lipinski definition) is 1. The van der Waals surface area contributed by atoms with E-state index in [-0.39, 0.29) is 12.0 Å². The summed E-state index contributed by atoms with van der Waals surface area (Å²) in [5.41, 5.74) is 1.44. The van der Waals surface area contributed by atoms with Crippen molar-refractivity contribution in [3.05, 3.63) is 22.4 Å². The molecule has 1 aliphatic heterocycles. The fourth-order valence-electron chi connectivity index (χ4n) is 2.02. The molecule has 0 saturated carbocycles. The first-order valence-electron chi connectivity index (χ1n) is 5.04. The van der Waals surface area contributed by atoms with Gasteiger partial charge in [0.25, 0.3) is 0 Å². The molecule has 0 atom stereocenters. The maximum atomic E-state index is 9.49. The molecule has 0 unspecified atom stereocenters. The number of aliphatic hydroxyl groups excluding tert-OH is 1. The van der Waals surface area contributed by atoms with Crippen molar-refractivity contribution in [2.75, 3.05) is 19.8 Å². The summed E-state index contributed by atoms with van der Waals surface area (Å²) < 4.78 is 5.34. The zero-order valence-electron chi connectivity index (χ0n) is 8.24. The highest BCUT2D eigenvalue weighted by Crippen LogP contribution is 2.34. The molecule has 1 aromatic rings. The Balaban J connectivity index is 2.04. The van der Waals surface area contributed by atoms with Gasteiger partial charge in [0, 0.05) is 25.2 Å². The minimum absolute atomic E-state index is 0.0827. The molecule has 1 N–H and O–H groups in total. The molecule has 14 heavy (non-hydrogen) atoms. The van der Waals surface area contributed by atoms with Crippen LogP contribution in [0.5, 0.6) is 0 Å². The van der Waals surface area contributed by atoms with E-state index in [1.54, 1.807) is 11.3 Å².